The van der Waals surface area contributed by atoms with E-state index >= 15 is 0 Å². The molecule has 0 bridgehead atoms. The lowest BCUT2D eigenvalue weighted by Gasteiger charge is -1.80. The van der Waals surface area contributed by atoms with E-state index in [4.69, 9.17) is 11.6 Å². The third-order valence-electron chi connectivity index (χ3n) is 0.702. The maximum atomic E-state index is 5.66. The summed E-state index contributed by atoms with van der Waals surface area (Å²) in [6.07, 6.45) is 0. The highest BCUT2D eigenvalue weighted by Crippen LogP contribution is 2.05. The van der Waals surface area contributed by atoms with Crippen molar-refractivity contribution in [2.45, 2.75) is 6.92 Å². The van der Waals surface area contributed by atoms with Gasteiger partial charge in [-0.3, -0.25) is 0 Å². The second-order valence-electron chi connectivity index (χ2n) is 1.69. The summed E-state index contributed by atoms with van der Waals surface area (Å²) in [5.74, 6) is 0. The summed E-state index contributed by atoms with van der Waals surface area (Å²) in [5, 5.41) is 0.470. The zero-order chi connectivity index (χ0) is 7.56. The largest absolute Gasteiger partial charge is 0.239 e. The van der Waals surface area contributed by atoms with Crippen molar-refractivity contribution in [3.63, 3.8) is 0 Å². The zero-order valence-electron chi connectivity index (χ0n) is 5.30. The molecule has 0 atom stereocenters. The van der Waals surface area contributed by atoms with Crippen LogP contribution in [0.15, 0.2) is 17.3 Å². The van der Waals surface area contributed by atoms with E-state index in [1.54, 1.807) is 0 Å². The molecule has 2 nitrogen and oxygen atoms in total. The molecule has 1 heterocycles. The topological polar surface area (TPSA) is 25.2 Å². The molecule has 0 amide bonds. The number of hydrogen-bond acceptors (Lipinski definition) is 4. The molecule has 0 N–H and O–H groups in total. The van der Waals surface area contributed by atoms with Crippen molar-refractivity contribution >= 4 is 32.5 Å². The maximum absolute atomic E-state index is 5.66. The van der Waals surface area contributed by atoms with Crippen LogP contribution in [0.1, 0.15) is 6.92 Å². The Morgan fingerprint density at radius 2 is 2.50 bits per heavy atom. The molecule has 1 aromatic heterocycles. The number of rotatable bonds is 1. The molecule has 0 fully saturated rings. The van der Waals surface area contributed by atoms with Gasteiger partial charge in [0.25, 0.3) is 0 Å². The van der Waals surface area contributed by atoms with Crippen molar-refractivity contribution in [1.29, 1.82) is 0 Å². The summed E-state index contributed by atoms with van der Waals surface area (Å²) < 4.78 is 4.61. The van der Waals surface area contributed by atoms with Gasteiger partial charge in [-0.05, 0) is 17.3 Å². The maximum Gasteiger partial charge on any atom is 0.179 e. The number of hydrogen-bond donors (Lipinski definition) is 0. The number of nitrogens with zero attached hydrogens (tertiary/aromatic N) is 2. The highest BCUT2D eigenvalue weighted by atomic mass is 35.5. The van der Waals surface area contributed by atoms with E-state index in [0.717, 1.165) is 10.4 Å². The summed E-state index contributed by atoms with van der Waals surface area (Å²) in [5.41, 5.74) is 0.748. The Bertz CT molecular complexity index is 299. The van der Waals surface area contributed by atoms with Gasteiger partial charge in [0.05, 0.1) is 0 Å². The molecule has 0 unspecified atom stereocenters. The molecule has 0 aromatic carbocycles. The van der Waals surface area contributed by atoms with E-state index in [1.165, 1.54) is 20.9 Å². The lowest BCUT2D eigenvalue weighted by atomic mass is 10.6. The van der Waals surface area contributed by atoms with Crippen molar-refractivity contribution in [2.75, 3.05) is 0 Å². The van der Waals surface area contributed by atoms with Crippen LogP contribution in [0.3, 0.4) is 0 Å². The van der Waals surface area contributed by atoms with E-state index < -0.39 is 0 Å². The fourth-order valence-corrected chi connectivity index (χ4v) is 2.44. The zero-order valence-corrected chi connectivity index (χ0v) is 7.68. The first kappa shape index (κ1) is 7.91. The van der Waals surface area contributed by atoms with Crippen molar-refractivity contribution < 1.29 is 0 Å². The van der Waals surface area contributed by atoms with Crippen LogP contribution in [-0.4, -0.2) is 4.37 Å². The quantitative estimate of drug-likeness (QED) is 0.627. The smallest absolute Gasteiger partial charge is 0.179 e. The first-order valence-electron chi connectivity index (χ1n) is 2.52. The number of halogens is 1. The second-order valence-corrected chi connectivity index (χ2v) is 3.88. The summed E-state index contributed by atoms with van der Waals surface area (Å²) in [6, 6.07) is 0. The summed E-state index contributed by atoms with van der Waals surface area (Å²) in [4.78, 5) is 4.06. The average Bonchev–Trinajstić information content (AvgIpc) is 2.15. The van der Waals surface area contributed by atoms with Gasteiger partial charge in [-0.1, -0.05) is 18.2 Å². The molecule has 0 aliphatic heterocycles. The van der Waals surface area contributed by atoms with Crippen molar-refractivity contribution in [2.24, 2.45) is 4.99 Å². The Labute approximate surface area is 71.1 Å². The standard InChI is InChI=1S/C5H5ClN2S2/c1-3(2)7-5-4(6)8-10-9-5/h1H2,2H3. The Morgan fingerprint density at radius 3 is 2.90 bits per heavy atom. The van der Waals surface area contributed by atoms with Crippen LogP contribution in [0.25, 0.3) is 0 Å². The van der Waals surface area contributed by atoms with Gasteiger partial charge in [0.2, 0.25) is 0 Å². The molecule has 0 aliphatic rings. The first-order valence-corrected chi connectivity index (χ1v) is 5.00. The Hall–Kier alpha value is -0.190. The molecule has 0 spiro atoms. The highest BCUT2D eigenvalue weighted by Gasteiger charge is 1.94. The fourth-order valence-electron chi connectivity index (χ4n) is 0.398. The molecule has 10 heavy (non-hydrogen) atoms. The predicted octanol–water partition coefficient (Wildman–Crippen LogP) is 2.29. The van der Waals surface area contributed by atoms with Gasteiger partial charge in [-0.25, -0.2) is 4.99 Å². The highest BCUT2D eigenvalue weighted by molar-refractivity contribution is 7.66. The molecule has 5 heteroatoms. The monoisotopic (exact) mass is 192 g/mol. The Morgan fingerprint density at radius 1 is 1.80 bits per heavy atom. The third-order valence-corrected chi connectivity index (χ3v) is 2.87. The Balaban J connectivity index is 3.15. The van der Waals surface area contributed by atoms with Crippen LogP contribution in [0, 0.1) is 0 Å². The normalized spacial score (nSPS) is 12.0. The molecule has 0 saturated carbocycles. The summed E-state index contributed by atoms with van der Waals surface area (Å²) in [7, 11) is 2.78. The lowest BCUT2D eigenvalue weighted by molar-refractivity contribution is 1.24. The van der Waals surface area contributed by atoms with E-state index in [9.17, 15) is 0 Å². The van der Waals surface area contributed by atoms with E-state index in [1.807, 2.05) is 6.92 Å². The van der Waals surface area contributed by atoms with Gasteiger partial charge in [-0.2, -0.15) is 4.37 Å². The van der Waals surface area contributed by atoms with E-state index in [0.29, 0.717) is 5.15 Å². The molecule has 0 saturated heterocycles. The molecule has 54 valence electrons. The molecule has 0 radical (unpaired) electrons. The van der Waals surface area contributed by atoms with Crippen LogP contribution < -0.4 is 4.67 Å². The van der Waals surface area contributed by atoms with Gasteiger partial charge in [0.15, 0.2) is 9.82 Å². The SMILES string of the molecule is C=C(C)N=c1ssnc1Cl. The van der Waals surface area contributed by atoms with E-state index in [-0.39, 0.29) is 0 Å². The fraction of sp³-hybridized carbons (Fsp3) is 0.200. The van der Waals surface area contributed by atoms with Gasteiger partial charge >= 0.3 is 0 Å². The van der Waals surface area contributed by atoms with Crippen LogP contribution in [-0.2, 0) is 0 Å². The third kappa shape index (κ3) is 1.90. The predicted molar refractivity (Wildman–Crippen MR) is 45.4 cm³/mol. The summed E-state index contributed by atoms with van der Waals surface area (Å²) in [6.45, 7) is 5.45. The number of allylic oxidation sites excluding steroid dienone is 1. The second kappa shape index (κ2) is 3.27. The van der Waals surface area contributed by atoms with Crippen molar-refractivity contribution in [1.82, 2.24) is 4.37 Å². The lowest BCUT2D eigenvalue weighted by Crippen LogP contribution is -1.93. The van der Waals surface area contributed by atoms with Gasteiger partial charge in [0, 0.05) is 16.2 Å². The first-order chi connectivity index (χ1) is 4.70. The molecular formula is C5H5ClN2S2. The van der Waals surface area contributed by atoms with Crippen LogP contribution in [0.4, 0.5) is 0 Å². The molecule has 0 aliphatic carbocycles. The molecular weight excluding hydrogens is 188 g/mol. The number of aromatic nitrogens is 1. The minimum absolute atomic E-state index is 0.470. The van der Waals surface area contributed by atoms with Gasteiger partial charge < -0.3 is 0 Å². The van der Waals surface area contributed by atoms with Crippen LogP contribution in [0.5, 0.6) is 0 Å². The molecule has 1 aromatic rings. The minimum Gasteiger partial charge on any atom is -0.239 e. The van der Waals surface area contributed by atoms with E-state index in [2.05, 4.69) is 15.9 Å². The summed E-state index contributed by atoms with van der Waals surface area (Å²) >= 11 is 5.66. The van der Waals surface area contributed by atoms with Crippen LogP contribution >= 0.6 is 32.5 Å². The van der Waals surface area contributed by atoms with Gasteiger partial charge in [-0.15, -0.1) is 0 Å². The molecule has 1 rings (SSSR count). The van der Waals surface area contributed by atoms with Gasteiger partial charge in [0.1, 0.15) is 0 Å². The minimum atomic E-state index is 0.470. The van der Waals surface area contributed by atoms with Crippen molar-refractivity contribution in [3.05, 3.63) is 22.1 Å². The average molecular weight is 193 g/mol. The van der Waals surface area contributed by atoms with Crippen molar-refractivity contribution in [3.8, 4) is 0 Å². The van der Waals surface area contributed by atoms with Crippen LogP contribution in [0.2, 0.25) is 5.15 Å². The Kier molecular flexibility index (Phi) is 2.59.